The van der Waals surface area contributed by atoms with Gasteiger partial charge in [0.15, 0.2) is 5.78 Å². The van der Waals surface area contributed by atoms with Gasteiger partial charge in [-0.2, -0.15) is 0 Å². The van der Waals surface area contributed by atoms with Gasteiger partial charge < -0.3 is 4.74 Å². The number of Topliss-reactive ketones (excluding diaryl/α,β-unsaturated/α-hetero) is 1. The standard InChI is InChI=1S/C19H21NO2/c21-18-11-12-22-19(18)15-20(13-16-7-3-1-4-8-16)14-17-9-5-2-6-10-17/h1-10,19H,11-15H2/t19-/m1/s1. The summed E-state index contributed by atoms with van der Waals surface area (Å²) in [5.41, 5.74) is 2.51. The van der Waals surface area contributed by atoms with Crippen LogP contribution >= 0.6 is 0 Å². The van der Waals surface area contributed by atoms with E-state index in [1.807, 2.05) is 36.4 Å². The van der Waals surface area contributed by atoms with Crippen LogP contribution in [0.25, 0.3) is 0 Å². The summed E-state index contributed by atoms with van der Waals surface area (Å²) in [6.07, 6.45) is 0.280. The molecule has 1 atom stereocenters. The number of hydrogen-bond acceptors (Lipinski definition) is 3. The first-order valence-corrected chi connectivity index (χ1v) is 7.76. The van der Waals surface area contributed by atoms with Crippen LogP contribution in [0, 0.1) is 0 Å². The maximum atomic E-state index is 11.9. The molecule has 0 aliphatic carbocycles. The number of benzene rings is 2. The third kappa shape index (κ3) is 4.03. The zero-order valence-corrected chi connectivity index (χ0v) is 12.7. The van der Waals surface area contributed by atoms with Crippen LogP contribution in [0.5, 0.6) is 0 Å². The van der Waals surface area contributed by atoms with Crippen molar-refractivity contribution in [3.8, 4) is 0 Å². The summed E-state index contributed by atoms with van der Waals surface area (Å²) >= 11 is 0. The minimum atomic E-state index is -0.271. The summed E-state index contributed by atoms with van der Waals surface area (Å²) in [6, 6.07) is 20.7. The van der Waals surface area contributed by atoms with Crippen LogP contribution in [0.4, 0.5) is 0 Å². The van der Waals surface area contributed by atoms with Crippen molar-refractivity contribution in [3.63, 3.8) is 0 Å². The first kappa shape index (κ1) is 14.9. The summed E-state index contributed by atoms with van der Waals surface area (Å²) in [4.78, 5) is 14.2. The van der Waals surface area contributed by atoms with Crippen LogP contribution in [0.1, 0.15) is 17.5 Å². The highest BCUT2D eigenvalue weighted by atomic mass is 16.5. The van der Waals surface area contributed by atoms with E-state index in [1.165, 1.54) is 11.1 Å². The highest BCUT2D eigenvalue weighted by molar-refractivity contribution is 5.84. The van der Waals surface area contributed by atoms with E-state index in [-0.39, 0.29) is 11.9 Å². The quantitative estimate of drug-likeness (QED) is 0.820. The Morgan fingerprint density at radius 1 is 0.909 bits per heavy atom. The van der Waals surface area contributed by atoms with E-state index in [9.17, 15) is 4.79 Å². The third-order valence-corrected chi connectivity index (χ3v) is 3.95. The molecule has 1 fully saturated rings. The lowest BCUT2D eigenvalue weighted by Gasteiger charge is -2.25. The number of carbonyl (C=O) groups excluding carboxylic acids is 1. The Morgan fingerprint density at radius 3 is 1.91 bits per heavy atom. The molecule has 114 valence electrons. The Kier molecular flexibility index (Phi) is 4.99. The van der Waals surface area contributed by atoms with Gasteiger partial charge in [-0.3, -0.25) is 9.69 Å². The number of nitrogens with zero attached hydrogens (tertiary/aromatic N) is 1. The van der Waals surface area contributed by atoms with Gasteiger partial charge in [0.2, 0.25) is 0 Å². The molecule has 2 aromatic carbocycles. The Balaban J connectivity index is 1.71. The predicted octanol–water partition coefficient (Wildman–Crippen LogP) is 3.05. The number of hydrogen-bond donors (Lipinski definition) is 0. The summed E-state index contributed by atoms with van der Waals surface area (Å²) < 4.78 is 5.58. The molecule has 0 amide bonds. The molecule has 1 aliphatic rings. The lowest BCUT2D eigenvalue weighted by Crippen LogP contribution is -2.34. The van der Waals surface area contributed by atoms with E-state index in [1.54, 1.807) is 0 Å². The van der Waals surface area contributed by atoms with Gasteiger partial charge in [0.1, 0.15) is 6.10 Å². The molecule has 0 aromatic heterocycles. The Hall–Kier alpha value is -1.97. The van der Waals surface area contributed by atoms with Crippen LogP contribution in [0.2, 0.25) is 0 Å². The van der Waals surface area contributed by atoms with E-state index < -0.39 is 0 Å². The summed E-state index contributed by atoms with van der Waals surface area (Å²) in [6.45, 7) is 2.86. The van der Waals surface area contributed by atoms with E-state index in [0.29, 0.717) is 19.6 Å². The fourth-order valence-electron chi connectivity index (χ4n) is 2.81. The fraction of sp³-hybridized carbons (Fsp3) is 0.316. The van der Waals surface area contributed by atoms with Gasteiger partial charge in [0, 0.05) is 26.1 Å². The third-order valence-electron chi connectivity index (χ3n) is 3.95. The van der Waals surface area contributed by atoms with Crippen LogP contribution in [-0.2, 0) is 22.6 Å². The van der Waals surface area contributed by atoms with Crippen LogP contribution < -0.4 is 0 Å². The second-order valence-electron chi connectivity index (χ2n) is 5.72. The zero-order valence-electron chi connectivity index (χ0n) is 12.7. The summed E-state index contributed by atoms with van der Waals surface area (Å²) in [5, 5.41) is 0. The average molecular weight is 295 g/mol. The Morgan fingerprint density at radius 2 is 1.45 bits per heavy atom. The molecule has 0 N–H and O–H groups in total. The molecule has 1 saturated heterocycles. The molecule has 0 bridgehead atoms. The maximum Gasteiger partial charge on any atom is 0.165 e. The Labute approximate surface area is 131 Å². The van der Waals surface area contributed by atoms with E-state index in [2.05, 4.69) is 29.2 Å². The smallest absolute Gasteiger partial charge is 0.165 e. The van der Waals surface area contributed by atoms with Crippen LogP contribution in [-0.4, -0.2) is 29.9 Å². The highest BCUT2D eigenvalue weighted by Crippen LogP contribution is 2.15. The van der Waals surface area contributed by atoms with Crippen LogP contribution in [0.3, 0.4) is 0 Å². The minimum Gasteiger partial charge on any atom is -0.369 e. The second kappa shape index (κ2) is 7.34. The normalized spacial score (nSPS) is 18.0. The van der Waals surface area contributed by atoms with Crippen molar-refractivity contribution in [1.82, 2.24) is 4.90 Å². The van der Waals surface area contributed by atoms with Gasteiger partial charge in [-0.1, -0.05) is 60.7 Å². The van der Waals surface area contributed by atoms with Crippen LogP contribution in [0.15, 0.2) is 60.7 Å². The second-order valence-corrected chi connectivity index (χ2v) is 5.72. The number of carbonyl (C=O) groups is 1. The van der Waals surface area contributed by atoms with Gasteiger partial charge in [0.05, 0.1) is 6.61 Å². The number of rotatable bonds is 6. The zero-order chi connectivity index (χ0) is 15.2. The molecule has 1 heterocycles. The molecule has 0 spiro atoms. The minimum absolute atomic E-state index is 0.228. The van der Waals surface area contributed by atoms with Crippen molar-refractivity contribution in [2.75, 3.05) is 13.2 Å². The monoisotopic (exact) mass is 295 g/mol. The van der Waals surface area contributed by atoms with Gasteiger partial charge in [-0.15, -0.1) is 0 Å². The summed E-state index contributed by atoms with van der Waals surface area (Å²) in [5.74, 6) is 0.228. The largest absolute Gasteiger partial charge is 0.369 e. The number of ether oxygens (including phenoxy) is 1. The molecule has 3 heteroatoms. The molecule has 22 heavy (non-hydrogen) atoms. The van der Waals surface area contributed by atoms with E-state index >= 15 is 0 Å². The lowest BCUT2D eigenvalue weighted by molar-refractivity contribution is -0.123. The van der Waals surface area contributed by atoms with Gasteiger partial charge >= 0.3 is 0 Å². The van der Waals surface area contributed by atoms with Crippen molar-refractivity contribution in [3.05, 3.63) is 71.8 Å². The topological polar surface area (TPSA) is 29.5 Å². The van der Waals surface area contributed by atoms with Crippen molar-refractivity contribution >= 4 is 5.78 Å². The van der Waals surface area contributed by atoms with Gasteiger partial charge in [-0.25, -0.2) is 0 Å². The van der Waals surface area contributed by atoms with E-state index in [0.717, 1.165) is 13.1 Å². The SMILES string of the molecule is O=C1CCO[C@@H]1CN(Cc1ccccc1)Cc1ccccc1. The average Bonchev–Trinajstić information content (AvgIpc) is 2.94. The molecular formula is C19H21NO2. The summed E-state index contributed by atoms with van der Waals surface area (Å²) in [7, 11) is 0. The lowest BCUT2D eigenvalue weighted by atomic mass is 10.1. The molecule has 2 aromatic rings. The van der Waals surface area contributed by atoms with Crippen molar-refractivity contribution in [2.24, 2.45) is 0 Å². The van der Waals surface area contributed by atoms with Crippen molar-refractivity contribution in [1.29, 1.82) is 0 Å². The molecular weight excluding hydrogens is 274 g/mol. The Bertz CT molecular complexity index is 556. The molecule has 0 unspecified atom stereocenters. The molecule has 3 nitrogen and oxygen atoms in total. The predicted molar refractivity (Wildman–Crippen MR) is 86.4 cm³/mol. The van der Waals surface area contributed by atoms with Crippen molar-refractivity contribution < 1.29 is 9.53 Å². The number of ketones is 1. The molecule has 3 rings (SSSR count). The maximum absolute atomic E-state index is 11.9. The molecule has 1 aliphatic heterocycles. The van der Waals surface area contributed by atoms with Gasteiger partial charge in [-0.05, 0) is 11.1 Å². The molecule has 0 radical (unpaired) electrons. The molecule has 0 saturated carbocycles. The fourth-order valence-corrected chi connectivity index (χ4v) is 2.81. The van der Waals surface area contributed by atoms with E-state index in [4.69, 9.17) is 4.74 Å². The first-order valence-electron chi connectivity index (χ1n) is 7.76. The van der Waals surface area contributed by atoms with Crippen molar-refractivity contribution in [2.45, 2.75) is 25.6 Å². The highest BCUT2D eigenvalue weighted by Gasteiger charge is 2.27. The van der Waals surface area contributed by atoms with Gasteiger partial charge in [0.25, 0.3) is 0 Å². The first-order chi connectivity index (χ1) is 10.8.